The fourth-order valence-corrected chi connectivity index (χ4v) is 1.63. The van der Waals surface area contributed by atoms with Gasteiger partial charge in [0.15, 0.2) is 0 Å². The summed E-state index contributed by atoms with van der Waals surface area (Å²) < 4.78 is 5.14. The summed E-state index contributed by atoms with van der Waals surface area (Å²) in [5.41, 5.74) is 0. The van der Waals surface area contributed by atoms with Crippen molar-refractivity contribution >= 4 is 23.4 Å². The van der Waals surface area contributed by atoms with Crippen LogP contribution in [0, 0.1) is 0 Å². The van der Waals surface area contributed by atoms with Crippen molar-refractivity contribution in [1.29, 1.82) is 0 Å². The summed E-state index contributed by atoms with van der Waals surface area (Å²) in [4.78, 5) is 24.3. The number of hydrogen-bond acceptors (Lipinski definition) is 3. The first kappa shape index (κ1) is 12.5. The minimum atomic E-state index is -0.0769. The van der Waals surface area contributed by atoms with E-state index in [0.29, 0.717) is 38.5 Å². The van der Waals surface area contributed by atoms with Crippen molar-refractivity contribution in [2.24, 2.45) is 0 Å². The predicted octanol–water partition coefficient (Wildman–Crippen LogP) is 1.17. The topological polar surface area (TPSA) is 46.6 Å². The predicted molar refractivity (Wildman–Crippen MR) is 56.7 cm³/mol. The molecule has 0 spiro atoms. The van der Waals surface area contributed by atoms with Gasteiger partial charge in [0.25, 0.3) is 0 Å². The zero-order valence-electron chi connectivity index (χ0n) is 8.71. The van der Waals surface area contributed by atoms with E-state index in [9.17, 15) is 9.59 Å². The summed E-state index contributed by atoms with van der Waals surface area (Å²) in [6, 6.07) is 0. The molecule has 2 amide bonds. The van der Waals surface area contributed by atoms with Gasteiger partial charge < -0.3 is 4.74 Å². The van der Waals surface area contributed by atoms with Crippen LogP contribution in [0.5, 0.6) is 0 Å². The molecule has 0 atom stereocenters. The standard InChI is InChI=1S/C10H16ClNO3/c11-5-7-15-8-6-12-9(13)3-1-2-4-10(12)14/h1-8H2. The van der Waals surface area contributed by atoms with Gasteiger partial charge in [-0.3, -0.25) is 14.5 Å². The minimum absolute atomic E-state index is 0.0769. The molecular formula is C10H16ClNO3. The second kappa shape index (κ2) is 6.80. The molecule has 0 bridgehead atoms. The van der Waals surface area contributed by atoms with Gasteiger partial charge in [-0.1, -0.05) is 0 Å². The quantitative estimate of drug-likeness (QED) is 0.407. The Bertz CT molecular complexity index is 215. The molecule has 0 aliphatic carbocycles. The van der Waals surface area contributed by atoms with Crippen molar-refractivity contribution in [3.63, 3.8) is 0 Å². The normalized spacial score (nSPS) is 18.1. The van der Waals surface area contributed by atoms with Crippen LogP contribution in [-0.2, 0) is 14.3 Å². The van der Waals surface area contributed by atoms with Crippen molar-refractivity contribution in [1.82, 2.24) is 4.90 Å². The Kier molecular flexibility index (Phi) is 5.65. The van der Waals surface area contributed by atoms with Crippen LogP contribution >= 0.6 is 11.6 Å². The lowest BCUT2D eigenvalue weighted by Gasteiger charge is -2.18. The summed E-state index contributed by atoms with van der Waals surface area (Å²) >= 11 is 5.43. The molecular weight excluding hydrogens is 218 g/mol. The molecule has 0 N–H and O–H groups in total. The van der Waals surface area contributed by atoms with Gasteiger partial charge in [0.1, 0.15) is 0 Å². The molecule has 15 heavy (non-hydrogen) atoms. The van der Waals surface area contributed by atoms with Crippen LogP contribution in [0.4, 0.5) is 0 Å². The lowest BCUT2D eigenvalue weighted by Crippen LogP contribution is -2.37. The highest BCUT2D eigenvalue weighted by molar-refractivity contribution is 6.17. The van der Waals surface area contributed by atoms with Crippen LogP contribution in [0.15, 0.2) is 0 Å². The number of carbonyl (C=O) groups excluding carboxylic acids is 2. The average molecular weight is 234 g/mol. The van der Waals surface area contributed by atoms with Gasteiger partial charge in [-0.05, 0) is 12.8 Å². The van der Waals surface area contributed by atoms with E-state index in [0.717, 1.165) is 12.8 Å². The van der Waals surface area contributed by atoms with Crippen molar-refractivity contribution < 1.29 is 14.3 Å². The Morgan fingerprint density at radius 2 is 1.73 bits per heavy atom. The van der Waals surface area contributed by atoms with E-state index < -0.39 is 0 Å². The zero-order chi connectivity index (χ0) is 11.1. The Morgan fingerprint density at radius 1 is 1.13 bits per heavy atom. The van der Waals surface area contributed by atoms with Gasteiger partial charge in [0.05, 0.1) is 19.8 Å². The molecule has 0 aromatic heterocycles. The molecule has 4 nitrogen and oxygen atoms in total. The van der Waals surface area contributed by atoms with E-state index >= 15 is 0 Å². The molecule has 1 heterocycles. The number of rotatable bonds is 5. The lowest BCUT2D eigenvalue weighted by molar-refractivity contribution is -0.144. The van der Waals surface area contributed by atoms with Crippen LogP contribution < -0.4 is 0 Å². The summed E-state index contributed by atoms with van der Waals surface area (Å²) in [5.74, 6) is 0.279. The molecule has 0 aromatic carbocycles. The van der Waals surface area contributed by atoms with Crippen LogP contribution in [0.25, 0.3) is 0 Å². The van der Waals surface area contributed by atoms with Crippen molar-refractivity contribution in [2.45, 2.75) is 25.7 Å². The van der Waals surface area contributed by atoms with Gasteiger partial charge >= 0.3 is 0 Å². The second-order valence-electron chi connectivity index (χ2n) is 3.45. The summed E-state index contributed by atoms with van der Waals surface area (Å²) in [6.07, 6.45) is 2.57. The van der Waals surface area contributed by atoms with Crippen LogP contribution in [0.2, 0.25) is 0 Å². The number of alkyl halides is 1. The number of ether oxygens (including phenoxy) is 1. The highest BCUT2D eigenvalue weighted by atomic mass is 35.5. The Hall–Kier alpha value is -0.610. The first-order valence-electron chi connectivity index (χ1n) is 5.22. The largest absolute Gasteiger partial charge is 0.378 e. The van der Waals surface area contributed by atoms with E-state index in [-0.39, 0.29) is 11.8 Å². The molecule has 1 fully saturated rings. The number of imide groups is 1. The maximum absolute atomic E-state index is 11.5. The molecule has 1 aliphatic rings. The van der Waals surface area contributed by atoms with E-state index in [4.69, 9.17) is 16.3 Å². The highest BCUT2D eigenvalue weighted by Crippen LogP contribution is 2.12. The second-order valence-corrected chi connectivity index (χ2v) is 3.83. The van der Waals surface area contributed by atoms with Crippen molar-refractivity contribution in [3.05, 3.63) is 0 Å². The highest BCUT2D eigenvalue weighted by Gasteiger charge is 2.23. The number of hydrogen-bond donors (Lipinski definition) is 0. The smallest absolute Gasteiger partial charge is 0.229 e. The Balaban J connectivity index is 2.35. The number of halogens is 1. The zero-order valence-corrected chi connectivity index (χ0v) is 9.46. The molecule has 0 aromatic rings. The van der Waals surface area contributed by atoms with Crippen LogP contribution in [-0.4, -0.2) is 42.4 Å². The SMILES string of the molecule is O=C1CCCCC(=O)N1CCOCCCl. The van der Waals surface area contributed by atoms with Crippen LogP contribution in [0.1, 0.15) is 25.7 Å². The van der Waals surface area contributed by atoms with Gasteiger partial charge in [-0.25, -0.2) is 0 Å². The molecule has 1 saturated heterocycles. The average Bonchev–Trinajstić information content (AvgIpc) is 2.37. The third-order valence-corrected chi connectivity index (χ3v) is 2.47. The monoisotopic (exact) mass is 233 g/mol. The Morgan fingerprint density at radius 3 is 2.27 bits per heavy atom. The van der Waals surface area contributed by atoms with E-state index in [1.807, 2.05) is 0 Å². The van der Waals surface area contributed by atoms with Crippen molar-refractivity contribution in [3.8, 4) is 0 Å². The molecule has 0 unspecified atom stereocenters. The van der Waals surface area contributed by atoms with Gasteiger partial charge in [0, 0.05) is 18.7 Å². The number of nitrogens with zero attached hydrogens (tertiary/aromatic N) is 1. The molecule has 5 heteroatoms. The fourth-order valence-electron chi connectivity index (χ4n) is 1.52. The minimum Gasteiger partial charge on any atom is -0.378 e. The molecule has 86 valence electrons. The Labute approximate surface area is 94.5 Å². The lowest BCUT2D eigenvalue weighted by atomic mass is 10.2. The number of carbonyl (C=O) groups is 2. The van der Waals surface area contributed by atoms with Gasteiger partial charge in [-0.15, -0.1) is 11.6 Å². The summed E-state index contributed by atoms with van der Waals surface area (Å²) in [6.45, 7) is 1.19. The van der Waals surface area contributed by atoms with E-state index in [2.05, 4.69) is 0 Å². The van der Waals surface area contributed by atoms with Gasteiger partial charge in [-0.2, -0.15) is 0 Å². The summed E-state index contributed by atoms with van der Waals surface area (Å²) in [5, 5.41) is 0. The van der Waals surface area contributed by atoms with E-state index in [1.165, 1.54) is 4.90 Å². The fraction of sp³-hybridized carbons (Fsp3) is 0.800. The first-order chi connectivity index (χ1) is 7.25. The summed E-state index contributed by atoms with van der Waals surface area (Å²) in [7, 11) is 0. The van der Waals surface area contributed by atoms with E-state index in [1.54, 1.807) is 0 Å². The third kappa shape index (κ3) is 4.18. The molecule has 0 saturated carbocycles. The third-order valence-electron chi connectivity index (χ3n) is 2.31. The van der Waals surface area contributed by atoms with Gasteiger partial charge in [0.2, 0.25) is 11.8 Å². The molecule has 1 aliphatic heterocycles. The number of amides is 2. The van der Waals surface area contributed by atoms with Crippen LogP contribution in [0.3, 0.4) is 0 Å². The molecule has 0 radical (unpaired) electrons. The maximum atomic E-state index is 11.5. The molecule has 1 rings (SSSR count). The van der Waals surface area contributed by atoms with Crippen molar-refractivity contribution in [2.75, 3.05) is 25.6 Å². The maximum Gasteiger partial charge on any atom is 0.229 e. The first-order valence-corrected chi connectivity index (χ1v) is 5.76. The number of likely N-dealkylation sites (tertiary alicyclic amines) is 1.